The average molecular weight is 87.2 g/mol. The summed E-state index contributed by atoms with van der Waals surface area (Å²) in [5.41, 5.74) is 5.17. The second kappa shape index (κ2) is 1.61. The first-order chi connectivity index (χ1) is 3.61. The Kier molecular flexibility index (Phi) is 0.619. The first kappa shape index (κ1) is 2.31. The van der Waals surface area contributed by atoms with Crippen molar-refractivity contribution in [2.24, 2.45) is 11.7 Å². The van der Waals surface area contributed by atoms with Gasteiger partial charge in [-0.15, -0.1) is 0 Å². The standard InChI is InChI=1S/C5H11N/c6-4-5-2-1-3-5/h5H,1-4,6H2/i4D2. The Balaban J connectivity index is 2.34. The Morgan fingerprint density at radius 3 is 2.50 bits per heavy atom. The maximum atomic E-state index is 7.03. The van der Waals surface area contributed by atoms with Gasteiger partial charge in [0.1, 0.15) is 0 Å². The van der Waals surface area contributed by atoms with Crippen LogP contribution in [-0.2, 0) is 0 Å². The highest BCUT2D eigenvalue weighted by atomic mass is 14.6. The Morgan fingerprint density at radius 2 is 2.50 bits per heavy atom. The topological polar surface area (TPSA) is 26.0 Å². The lowest BCUT2D eigenvalue weighted by atomic mass is 9.86. The van der Waals surface area contributed by atoms with Crippen molar-refractivity contribution in [2.45, 2.75) is 19.3 Å². The van der Waals surface area contributed by atoms with E-state index in [1.807, 2.05) is 0 Å². The molecule has 36 valence electrons. The van der Waals surface area contributed by atoms with Gasteiger partial charge >= 0.3 is 0 Å². The second-order valence-corrected chi connectivity index (χ2v) is 1.79. The predicted molar refractivity (Wildman–Crippen MR) is 26.4 cm³/mol. The van der Waals surface area contributed by atoms with Gasteiger partial charge in [0.05, 0.1) is 0 Å². The first-order valence-electron chi connectivity index (χ1n) is 3.39. The number of hydrogen-bond donors (Lipinski definition) is 1. The number of hydrogen-bond acceptors (Lipinski definition) is 1. The Hall–Kier alpha value is -0.0400. The molecule has 2 N–H and O–H groups in total. The van der Waals surface area contributed by atoms with Crippen molar-refractivity contribution >= 4 is 0 Å². The van der Waals surface area contributed by atoms with Crippen LogP contribution in [0.1, 0.15) is 22.0 Å². The molecule has 0 aromatic carbocycles. The molecule has 6 heavy (non-hydrogen) atoms. The third-order valence-corrected chi connectivity index (χ3v) is 1.34. The quantitative estimate of drug-likeness (QED) is 0.501. The van der Waals surface area contributed by atoms with Crippen LogP contribution in [0.3, 0.4) is 0 Å². The van der Waals surface area contributed by atoms with Crippen LogP contribution in [0.5, 0.6) is 0 Å². The summed E-state index contributed by atoms with van der Waals surface area (Å²) in [5.74, 6) is 0.141. The lowest BCUT2D eigenvalue weighted by Gasteiger charge is -2.22. The van der Waals surface area contributed by atoms with E-state index in [4.69, 9.17) is 8.48 Å². The highest BCUT2D eigenvalue weighted by Gasteiger charge is 2.13. The lowest BCUT2D eigenvalue weighted by molar-refractivity contribution is 0.325. The van der Waals surface area contributed by atoms with Crippen LogP contribution in [0, 0.1) is 5.92 Å². The molecule has 1 saturated carbocycles. The molecular weight excluding hydrogens is 74.1 g/mol. The van der Waals surface area contributed by atoms with Gasteiger partial charge in [0.15, 0.2) is 0 Å². The van der Waals surface area contributed by atoms with Crippen molar-refractivity contribution in [3.8, 4) is 0 Å². The van der Waals surface area contributed by atoms with Crippen LogP contribution in [0.15, 0.2) is 0 Å². The minimum absolute atomic E-state index is 0.141. The molecule has 0 atom stereocenters. The van der Waals surface area contributed by atoms with Gasteiger partial charge in [-0.3, -0.25) is 0 Å². The molecule has 0 bridgehead atoms. The van der Waals surface area contributed by atoms with Crippen molar-refractivity contribution in [1.29, 1.82) is 0 Å². The molecule has 1 nitrogen and oxygen atoms in total. The van der Waals surface area contributed by atoms with E-state index in [-0.39, 0.29) is 5.92 Å². The van der Waals surface area contributed by atoms with Gasteiger partial charge in [-0.2, -0.15) is 0 Å². The van der Waals surface area contributed by atoms with E-state index in [0.717, 1.165) is 19.3 Å². The van der Waals surface area contributed by atoms with Crippen LogP contribution in [0.2, 0.25) is 0 Å². The maximum absolute atomic E-state index is 7.03. The summed E-state index contributed by atoms with van der Waals surface area (Å²) in [4.78, 5) is 0. The monoisotopic (exact) mass is 87.1 g/mol. The molecule has 1 heteroatoms. The Labute approximate surface area is 41.3 Å². The maximum Gasteiger partial charge on any atom is 0.0428 e. The number of rotatable bonds is 1. The molecule has 0 saturated heterocycles. The summed E-state index contributed by atoms with van der Waals surface area (Å²) >= 11 is 0. The van der Waals surface area contributed by atoms with Crippen molar-refractivity contribution in [3.05, 3.63) is 0 Å². The van der Waals surface area contributed by atoms with Crippen molar-refractivity contribution in [1.82, 2.24) is 0 Å². The molecule has 0 heterocycles. The SMILES string of the molecule is [2H]C([2H])(N)C1CCC1. The van der Waals surface area contributed by atoms with Gasteiger partial charge in [0, 0.05) is 2.74 Å². The highest BCUT2D eigenvalue weighted by molar-refractivity contribution is 4.68. The van der Waals surface area contributed by atoms with E-state index < -0.39 is 6.50 Å². The van der Waals surface area contributed by atoms with E-state index in [9.17, 15) is 0 Å². The molecule has 0 radical (unpaired) electrons. The molecular formula is C5H11N. The molecule has 0 spiro atoms. The second-order valence-electron chi connectivity index (χ2n) is 1.79. The van der Waals surface area contributed by atoms with E-state index in [1.165, 1.54) is 0 Å². The molecule has 1 fully saturated rings. The third kappa shape index (κ3) is 0.548. The molecule has 0 aliphatic heterocycles. The fraction of sp³-hybridized carbons (Fsp3) is 1.00. The van der Waals surface area contributed by atoms with Gasteiger partial charge in [-0.05, 0) is 25.3 Å². The zero-order valence-corrected chi connectivity index (χ0v) is 3.78. The highest BCUT2D eigenvalue weighted by Crippen LogP contribution is 2.24. The van der Waals surface area contributed by atoms with Gasteiger partial charge < -0.3 is 5.73 Å². The van der Waals surface area contributed by atoms with E-state index >= 15 is 0 Å². The molecule has 0 unspecified atom stereocenters. The van der Waals surface area contributed by atoms with Crippen LogP contribution in [0.25, 0.3) is 0 Å². The fourth-order valence-corrected chi connectivity index (χ4v) is 0.575. The van der Waals surface area contributed by atoms with E-state index in [0.29, 0.717) is 0 Å². The largest absolute Gasteiger partial charge is 0.330 e. The van der Waals surface area contributed by atoms with Crippen LogP contribution >= 0.6 is 0 Å². The average Bonchev–Trinajstić information content (AvgIpc) is 1.16. The van der Waals surface area contributed by atoms with Crippen molar-refractivity contribution in [2.75, 3.05) is 6.50 Å². The fourth-order valence-electron chi connectivity index (χ4n) is 0.575. The Morgan fingerprint density at radius 1 is 1.83 bits per heavy atom. The van der Waals surface area contributed by atoms with Gasteiger partial charge in [-0.25, -0.2) is 0 Å². The first-order valence-corrected chi connectivity index (χ1v) is 2.39. The van der Waals surface area contributed by atoms with Gasteiger partial charge in [0.2, 0.25) is 0 Å². The van der Waals surface area contributed by atoms with Gasteiger partial charge in [0.25, 0.3) is 0 Å². The minimum Gasteiger partial charge on any atom is -0.330 e. The molecule has 1 rings (SSSR count). The van der Waals surface area contributed by atoms with Crippen LogP contribution < -0.4 is 5.73 Å². The molecule has 0 amide bonds. The van der Waals surface area contributed by atoms with Crippen LogP contribution in [0.4, 0.5) is 0 Å². The summed E-state index contributed by atoms with van der Waals surface area (Å²) in [6.45, 7) is -1.40. The predicted octanol–water partition coefficient (Wildman–Crippen LogP) is 0.745. The van der Waals surface area contributed by atoms with Crippen molar-refractivity contribution in [3.63, 3.8) is 0 Å². The van der Waals surface area contributed by atoms with Crippen LogP contribution in [-0.4, -0.2) is 6.50 Å². The summed E-state index contributed by atoms with van der Waals surface area (Å²) in [6, 6.07) is 0. The summed E-state index contributed by atoms with van der Waals surface area (Å²) in [6.07, 6.45) is 3.11. The zero-order chi connectivity index (χ0) is 6.20. The van der Waals surface area contributed by atoms with E-state index in [1.54, 1.807) is 0 Å². The third-order valence-electron chi connectivity index (χ3n) is 1.34. The van der Waals surface area contributed by atoms with Gasteiger partial charge in [-0.1, -0.05) is 6.42 Å². The van der Waals surface area contributed by atoms with Crippen molar-refractivity contribution < 1.29 is 2.74 Å². The molecule has 0 aromatic heterocycles. The summed E-state index contributed by atoms with van der Waals surface area (Å²) in [7, 11) is 0. The smallest absolute Gasteiger partial charge is 0.0428 e. The summed E-state index contributed by atoms with van der Waals surface area (Å²) in [5, 5.41) is 0. The molecule has 1 aliphatic carbocycles. The summed E-state index contributed by atoms with van der Waals surface area (Å²) < 4.78 is 14.1. The normalized spacial score (nSPS) is 30.8. The minimum atomic E-state index is -1.40. The van der Waals surface area contributed by atoms with E-state index in [2.05, 4.69) is 0 Å². The lowest BCUT2D eigenvalue weighted by Crippen LogP contribution is -2.20. The molecule has 1 aliphatic rings. The molecule has 0 aromatic rings. The Bertz CT molecular complexity index is 82.9. The number of nitrogens with two attached hydrogens (primary N) is 1. The zero-order valence-electron chi connectivity index (χ0n) is 5.78.